The van der Waals surface area contributed by atoms with Gasteiger partial charge in [-0.1, -0.05) is 25.6 Å². The van der Waals surface area contributed by atoms with E-state index in [1.165, 1.54) is 27.8 Å². The average Bonchev–Trinajstić information content (AvgIpc) is 2.29. The lowest BCUT2D eigenvalue weighted by Gasteiger charge is -2.33. The van der Waals surface area contributed by atoms with Crippen LogP contribution in [0.4, 0.5) is 4.79 Å². The number of rotatable bonds is 6. The van der Waals surface area contributed by atoms with Crippen LogP contribution in [-0.4, -0.2) is 34.1 Å². The first-order chi connectivity index (χ1) is 8.03. The van der Waals surface area contributed by atoms with Crippen molar-refractivity contribution in [3.63, 3.8) is 0 Å². The molecule has 0 N–H and O–H groups in total. The molecule has 1 heterocycles. The van der Waals surface area contributed by atoms with Gasteiger partial charge in [-0.3, -0.25) is 14.0 Å². The maximum atomic E-state index is 12.8. The van der Waals surface area contributed by atoms with Gasteiger partial charge in [0, 0.05) is 17.5 Å². The summed E-state index contributed by atoms with van der Waals surface area (Å²) in [5.41, 5.74) is 0. The molecule has 1 fully saturated rings. The van der Waals surface area contributed by atoms with Gasteiger partial charge < -0.3 is 4.52 Å². The standard InChI is InChI=1S/C10H20NO3PS2/c1-4-9(3)17-15(13,14-5-2)11-7-6-8-16-10(11)12/h9H,4-8H2,1-3H3. The van der Waals surface area contributed by atoms with E-state index in [1.54, 1.807) is 0 Å². The molecule has 0 aromatic heterocycles. The van der Waals surface area contributed by atoms with Crippen molar-refractivity contribution >= 4 is 35.1 Å². The quantitative estimate of drug-likeness (QED) is 0.687. The Morgan fingerprint density at radius 2 is 2.29 bits per heavy atom. The van der Waals surface area contributed by atoms with E-state index in [1.807, 2.05) is 20.8 Å². The van der Waals surface area contributed by atoms with Crippen LogP contribution < -0.4 is 0 Å². The molecular formula is C10H20NO3PS2. The third kappa shape index (κ3) is 4.19. The normalized spacial score (nSPS) is 22.3. The zero-order chi connectivity index (χ0) is 12.9. The molecule has 1 aliphatic heterocycles. The van der Waals surface area contributed by atoms with Crippen molar-refractivity contribution in [3.8, 4) is 0 Å². The monoisotopic (exact) mass is 297 g/mol. The van der Waals surface area contributed by atoms with Crippen LogP contribution in [0.15, 0.2) is 0 Å². The molecule has 0 aliphatic carbocycles. The fourth-order valence-corrected chi connectivity index (χ4v) is 7.67. The molecule has 1 amide bonds. The predicted octanol–water partition coefficient (Wildman–Crippen LogP) is 4.22. The van der Waals surface area contributed by atoms with E-state index >= 15 is 0 Å². The van der Waals surface area contributed by atoms with Crippen molar-refractivity contribution < 1.29 is 13.9 Å². The minimum absolute atomic E-state index is 0.108. The fraction of sp³-hybridized carbons (Fsp3) is 0.900. The van der Waals surface area contributed by atoms with Crippen LogP contribution in [0.2, 0.25) is 0 Å². The Bertz CT molecular complexity index is 314. The van der Waals surface area contributed by atoms with E-state index in [0.717, 1.165) is 18.6 Å². The molecule has 0 aromatic carbocycles. The zero-order valence-electron chi connectivity index (χ0n) is 10.5. The zero-order valence-corrected chi connectivity index (χ0v) is 13.1. The molecule has 1 rings (SSSR count). The summed E-state index contributed by atoms with van der Waals surface area (Å²) in [6, 6.07) is 0. The highest BCUT2D eigenvalue weighted by Gasteiger charge is 2.39. The Hall–Kier alpha value is 0.360. The van der Waals surface area contributed by atoms with Crippen LogP contribution in [0.3, 0.4) is 0 Å². The van der Waals surface area contributed by atoms with Crippen LogP contribution in [0.1, 0.15) is 33.6 Å². The molecule has 0 radical (unpaired) electrons. The van der Waals surface area contributed by atoms with Crippen molar-refractivity contribution in [1.29, 1.82) is 0 Å². The second-order valence-electron chi connectivity index (χ2n) is 3.80. The Morgan fingerprint density at radius 3 is 2.82 bits per heavy atom. The molecule has 1 aliphatic rings. The number of hydrogen-bond acceptors (Lipinski definition) is 5. The third-order valence-corrected chi connectivity index (χ3v) is 8.83. The Labute approximate surface area is 111 Å². The van der Waals surface area contributed by atoms with E-state index in [4.69, 9.17) is 4.52 Å². The SMILES string of the molecule is CCOP(=O)(SC(C)CC)N1CCCSC1=O. The van der Waals surface area contributed by atoms with Crippen molar-refractivity contribution in [2.45, 2.75) is 38.9 Å². The summed E-state index contributed by atoms with van der Waals surface area (Å²) < 4.78 is 19.6. The van der Waals surface area contributed by atoms with Crippen LogP contribution in [0, 0.1) is 0 Å². The summed E-state index contributed by atoms with van der Waals surface area (Å²) in [6.07, 6.45) is 1.80. The summed E-state index contributed by atoms with van der Waals surface area (Å²) in [5, 5.41) is 0.121. The highest BCUT2D eigenvalue weighted by Crippen LogP contribution is 2.65. The fourth-order valence-electron chi connectivity index (χ4n) is 1.38. The number of nitrogens with zero attached hydrogens (tertiary/aromatic N) is 1. The molecule has 17 heavy (non-hydrogen) atoms. The topological polar surface area (TPSA) is 46.6 Å². The molecule has 0 saturated carbocycles. The van der Waals surface area contributed by atoms with Crippen molar-refractivity contribution in [2.24, 2.45) is 0 Å². The van der Waals surface area contributed by atoms with Gasteiger partial charge in [0.25, 0.3) is 5.24 Å². The van der Waals surface area contributed by atoms with Gasteiger partial charge in [-0.2, -0.15) is 0 Å². The predicted molar refractivity (Wildman–Crippen MR) is 75.8 cm³/mol. The maximum Gasteiger partial charge on any atom is 0.356 e. The van der Waals surface area contributed by atoms with Crippen LogP contribution >= 0.6 is 29.9 Å². The van der Waals surface area contributed by atoms with E-state index < -0.39 is 6.72 Å². The van der Waals surface area contributed by atoms with Gasteiger partial charge >= 0.3 is 6.72 Å². The number of amides is 1. The molecule has 0 spiro atoms. The van der Waals surface area contributed by atoms with Gasteiger partial charge in [-0.05, 0) is 31.1 Å². The average molecular weight is 297 g/mol. The highest BCUT2D eigenvalue weighted by molar-refractivity contribution is 8.56. The third-order valence-electron chi connectivity index (χ3n) is 2.43. The Morgan fingerprint density at radius 1 is 1.59 bits per heavy atom. The van der Waals surface area contributed by atoms with Crippen molar-refractivity contribution in [1.82, 2.24) is 4.67 Å². The second-order valence-corrected chi connectivity index (χ2v) is 9.56. The summed E-state index contributed by atoms with van der Waals surface area (Å²) >= 11 is 2.54. The van der Waals surface area contributed by atoms with Crippen molar-refractivity contribution in [3.05, 3.63) is 0 Å². The lowest BCUT2D eigenvalue weighted by molar-refractivity contribution is 0.235. The van der Waals surface area contributed by atoms with E-state index in [-0.39, 0.29) is 10.5 Å². The molecule has 0 aromatic rings. The second kappa shape index (κ2) is 7.07. The number of hydrogen-bond donors (Lipinski definition) is 0. The van der Waals surface area contributed by atoms with Gasteiger partial charge in [0.15, 0.2) is 0 Å². The van der Waals surface area contributed by atoms with E-state index in [9.17, 15) is 9.36 Å². The first kappa shape index (κ1) is 15.4. The Balaban J connectivity index is 2.81. The minimum Gasteiger partial charge on any atom is -0.306 e. The molecular weight excluding hydrogens is 277 g/mol. The van der Waals surface area contributed by atoms with Crippen LogP contribution in [0.5, 0.6) is 0 Å². The highest BCUT2D eigenvalue weighted by atomic mass is 32.7. The van der Waals surface area contributed by atoms with Gasteiger partial charge in [-0.25, -0.2) is 0 Å². The first-order valence-corrected chi connectivity index (χ1v) is 9.96. The first-order valence-electron chi connectivity index (χ1n) is 5.91. The molecule has 7 heteroatoms. The van der Waals surface area contributed by atoms with E-state index in [0.29, 0.717) is 13.2 Å². The molecule has 4 nitrogen and oxygen atoms in total. The molecule has 1 saturated heterocycles. The summed E-state index contributed by atoms with van der Waals surface area (Å²) in [6.45, 7) is 3.74. The number of carbonyl (C=O) groups excluding carboxylic acids is 1. The van der Waals surface area contributed by atoms with Crippen molar-refractivity contribution in [2.75, 3.05) is 18.9 Å². The smallest absolute Gasteiger partial charge is 0.306 e. The van der Waals surface area contributed by atoms with Crippen LogP contribution in [-0.2, 0) is 9.09 Å². The lowest BCUT2D eigenvalue weighted by Crippen LogP contribution is -2.30. The minimum atomic E-state index is -3.04. The molecule has 2 atom stereocenters. The number of thioether (sulfide) groups is 1. The molecule has 0 bridgehead atoms. The van der Waals surface area contributed by atoms with Gasteiger partial charge in [-0.15, -0.1) is 0 Å². The van der Waals surface area contributed by atoms with Gasteiger partial charge in [0.2, 0.25) is 0 Å². The van der Waals surface area contributed by atoms with Gasteiger partial charge in [0.1, 0.15) is 0 Å². The van der Waals surface area contributed by atoms with E-state index in [2.05, 4.69) is 0 Å². The largest absolute Gasteiger partial charge is 0.356 e. The summed E-state index contributed by atoms with van der Waals surface area (Å²) in [5.74, 6) is 0.815. The lowest BCUT2D eigenvalue weighted by atomic mass is 10.4. The summed E-state index contributed by atoms with van der Waals surface area (Å²) in [7, 11) is 0. The molecule has 100 valence electrons. The Kier molecular flexibility index (Phi) is 6.41. The number of carbonyl (C=O) groups is 1. The summed E-state index contributed by atoms with van der Waals surface area (Å²) in [4.78, 5) is 11.8. The van der Waals surface area contributed by atoms with Crippen LogP contribution in [0.25, 0.3) is 0 Å². The van der Waals surface area contributed by atoms with Gasteiger partial charge in [0.05, 0.1) is 6.61 Å². The maximum absolute atomic E-state index is 12.8. The molecule has 2 unspecified atom stereocenters.